The van der Waals surface area contributed by atoms with Gasteiger partial charge in [0, 0.05) is 50.1 Å². The SMILES string of the molecule is c1ccc(-n2c3ccccc3c3cc(-n4ccc5cc(-c6cccc7c6oc6ccccc67)ccc54)ccc32)cc1. The molecule has 0 aliphatic carbocycles. The van der Waals surface area contributed by atoms with Gasteiger partial charge in [0.2, 0.25) is 0 Å². The predicted octanol–water partition coefficient (Wildman–Crippen LogP) is 10.3. The van der Waals surface area contributed by atoms with Gasteiger partial charge >= 0.3 is 0 Å². The Labute approximate surface area is 236 Å². The Morgan fingerprint density at radius 2 is 1.22 bits per heavy atom. The highest BCUT2D eigenvalue weighted by molar-refractivity contribution is 6.11. The summed E-state index contributed by atoms with van der Waals surface area (Å²) in [7, 11) is 0. The van der Waals surface area contributed by atoms with Crippen LogP contribution < -0.4 is 0 Å². The number of furan rings is 1. The maximum absolute atomic E-state index is 6.33. The molecule has 0 N–H and O–H groups in total. The molecule has 0 spiro atoms. The Hall–Kier alpha value is -5.54. The minimum atomic E-state index is 0.922. The van der Waals surface area contributed by atoms with E-state index in [0.717, 1.165) is 38.8 Å². The summed E-state index contributed by atoms with van der Waals surface area (Å²) in [5.74, 6) is 0. The molecule has 0 amide bonds. The van der Waals surface area contributed by atoms with Gasteiger partial charge in [-0.3, -0.25) is 0 Å². The summed E-state index contributed by atoms with van der Waals surface area (Å²) < 4.78 is 11.0. The molecule has 3 heteroatoms. The molecule has 9 aromatic rings. The van der Waals surface area contributed by atoms with Crippen molar-refractivity contribution >= 4 is 54.6 Å². The number of nitrogens with zero attached hydrogens (tertiary/aromatic N) is 2. The largest absolute Gasteiger partial charge is 0.455 e. The molecule has 0 radical (unpaired) electrons. The summed E-state index contributed by atoms with van der Waals surface area (Å²) in [4.78, 5) is 0. The van der Waals surface area contributed by atoms with E-state index in [1.807, 2.05) is 12.1 Å². The van der Waals surface area contributed by atoms with Crippen molar-refractivity contribution in [3.8, 4) is 22.5 Å². The summed E-state index contributed by atoms with van der Waals surface area (Å²) in [6, 6.07) is 49.6. The molecular weight excluding hydrogens is 500 g/mol. The molecule has 0 saturated carbocycles. The van der Waals surface area contributed by atoms with E-state index in [9.17, 15) is 0 Å². The molecule has 0 atom stereocenters. The third kappa shape index (κ3) is 3.26. The van der Waals surface area contributed by atoms with Gasteiger partial charge in [0.15, 0.2) is 0 Å². The first kappa shape index (κ1) is 22.3. The van der Waals surface area contributed by atoms with Gasteiger partial charge in [-0.05, 0) is 66.2 Å². The Balaban J connectivity index is 1.19. The lowest BCUT2D eigenvalue weighted by atomic mass is 10.0. The highest BCUT2D eigenvalue weighted by atomic mass is 16.3. The minimum Gasteiger partial charge on any atom is -0.455 e. The molecule has 3 heterocycles. The summed E-state index contributed by atoms with van der Waals surface area (Å²) in [6.07, 6.45) is 2.17. The molecule has 0 fully saturated rings. The van der Waals surface area contributed by atoms with Gasteiger partial charge in [-0.25, -0.2) is 0 Å². The maximum atomic E-state index is 6.33. The average Bonchev–Trinajstić information content (AvgIpc) is 3.72. The minimum absolute atomic E-state index is 0.922. The topological polar surface area (TPSA) is 23.0 Å². The van der Waals surface area contributed by atoms with Gasteiger partial charge in [-0.2, -0.15) is 0 Å². The molecule has 3 nitrogen and oxygen atoms in total. The van der Waals surface area contributed by atoms with Crippen LogP contribution in [-0.2, 0) is 0 Å². The number of aromatic nitrogens is 2. The van der Waals surface area contributed by atoms with Gasteiger partial charge in [-0.15, -0.1) is 0 Å². The molecule has 0 unspecified atom stereocenters. The van der Waals surface area contributed by atoms with Crippen LogP contribution in [0.15, 0.2) is 150 Å². The van der Waals surface area contributed by atoms with Crippen LogP contribution in [0.4, 0.5) is 0 Å². The number of fused-ring (bicyclic) bond motifs is 7. The lowest BCUT2D eigenvalue weighted by Gasteiger charge is -2.09. The van der Waals surface area contributed by atoms with Crippen LogP contribution in [0.5, 0.6) is 0 Å². The van der Waals surface area contributed by atoms with E-state index in [-0.39, 0.29) is 0 Å². The van der Waals surface area contributed by atoms with Gasteiger partial charge in [-0.1, -0.05) is 78.9 Å². The van der Waals surface area contributed by atoms with Gasteiger partial charge in [0.05, 0.1) is 16.6 Å². The van der Waals surface area contributed by atoms with Crippen LogP contribution in [0.25, 0.3) is 77.1 Å². The Morgan fingerprint density at radius 3 is 2.15 bits per heavy atom. The molecule has 0 aliphatic heterocycles. The van der Waals surface area contributed by atoms with Crippen LogP contribution in [0.1, 0.15) is 0 Å². The second kappa shape index (κ2) is 8.48. The summed E-state index contributed by atoms with van der Waals surface area (Å²) in [5.41, 5.74) is 10.0. The standard InChI is InChI=1S/C38H24N2O/c1-2-9-27(10-3-1)40-35-15-6-4-11-30(35)33-24-28(18-20-36(33)40)39-22-21-26-23-25(17-19-34(26)39)29-13-8-14-32-31-12-5-7-16-37(31)41-38(29)32/h1-24H. The van der Waals surface area contributed by atoms with E-state index >= 15 is 0 Å². The van der Waals surface area contributed by atoms with E-state index in [0.29, 0.717) is 0 Å². The van der Waals surface area contributed by atoms with Crippen LogP contribution in [-0.4, -0.2) is 9.13 Å². The van der Waals surface area contributed by atoms with Crippen molar-refractivity contribution in [2.24, 2.45) is 0 Å². The lowest BCUT2D eigenvalue weighted by Crippen LogP contribution is -1.94. The smallest absolute Gasteiger partial charge is 0.143 e. The fourth-order valence-electron chi connectivity index (χ4n) is 6.48. The number of para-hydroxylation sites is 4. The zero-order chi connectivity index (χ0) is 26.9. The number of hydrogen-bond donors (Lipinski definition) is 0. The van der Waals surface area contributed by atoms with Gasteiger partial charge in [0.25, 0.3) is 0 Å². The first-order valence-electron chi connectivity index (χ1n) is 13.9. The fraction of sp³-hybridized carbons (Fsp3) is 0. The van der Waals surface area contributed by atoms with Gasteiger partial charge in [0.1, 0.15) is 11.2 Å². The molecule has 6 aromatic carbocycles. The Kier molecular flexibility index (Phi) is 4.61. The van der Waals surface area contributed by atoms with Gasteiger partial charge < -0.3 is 13.6 Å². The second-order valence-corrected chi connectivity index (χ2v) is 10.6. The molecule has 0 aliphatic rings. The lowest BCUT2D eigenvalue weighted by molar-refractivity contribution is 0.670. The molecule has 192 valence electrons. The first-order chi connectivity index (χ1) is 20.3. The van der Waals surface area contributed by atoms with E-state index in [1.165, 1.54) is 38.4 Å². The van der Waals surface area contributed by atoms with Crippen molar-refractivity contribution in [1.29, 1.82) is 0 Å². The summed E-state index contributed by atoms with van der Waals surface area (Å²) in [5, 5.41) is 6.00. The maximum Gasteiger partial charge on any atom is 0.143 e. The molecule has 9 rings (SSSR count). The highest BCUT2D eigenvalue weighted by Gasteiger charge is 2.15. The van der Waals surface area contributed by atoms with E-state index < -0.39 is 0 Å². The Bertz CT molecular complexity index is 2420. The zero-order valence-corrected chi connectivity index (χ0v) is 22.2. The summed E-state index contributed by atoms with van der Waals surface area (Å²) in [6.45, 7) is 0. The molecule has 41 heavy (non-hydrogen) atoms. The zero-order valence-electron chi connectivity index (χ0n) is 22.2. The van der Waals surface area contributed by atoms with Crippen LogP contribution in [0.2, 0.25) is 0 Å². The molecule has 3 aromatic heterocycles. The molecular formula is C38H24N2O. The van der Waals surface area contributed by atoms with E-state index in [1.54, 1.807) is 0 Å². The third-order valence-corrected chi connectivity index (χ3v) is 8.35. The number of rotatable bonds is 3. The van der Waals surface area contributed by atoms with E-state index in [4.69, 9.17) is 4.42 Å². The van der Waals surface area contributed by atoms with Crippen LogP contribution in [0, 0.1) is 0 Å². The molecule has 0 saturated heterocycles. The van der Waals surface area contributed by atoms with Crippen molar-refractivity contribution < 1.29 is 4.42 Å². The van der Waals surface area contributed by atoms with Crippen molar-refractivity contribution in [2.45, 2.75) is 0 Å². The molecule has 0 bridgehead atoms. The summed E-state index contributed by atoms with van der Waals surface area (Å²) >= 11 is 0. The normalized spacial score (nSPS) is 11.9. The average molecular weight is 525 g/mol. The second-order valence-electron chi connectivity index (χ2n) is 10.6. The quantitative estimate of drug-likeness (QED) is 0.225. The van der Waals surface area contributed by atoms with Crippen molar-refractivity contribution in [2.75, 3.05) is 0 Å². The fourth-order valence-corrected chi connectivity index (χ4v) is 6.48. The van der Waals surface area contributed by atoms with Crippen LogP contribution >= 0.6 is 0 Å². The first-order valence-corrected chi connectivity index (χ1v) is 13.9. The monoisotopic (exact) mass is 524 g/mol. The number of hydrogen-bond acceptors (Lipinski definition) is 1. The van der Waals surface area contributed by atoms with Crippen molar-refractivity contribution in [1.82, 2.24) is 9.13 Å². The van der Waals surface area contributed by atoms with E-state index in [2.05, 4.69) is 143 Å². The highest BCUT2D eigenvalue weighted by Crippen LogP contribution is 2.38. The van der Waals surface area contributed by atoms with Crippen LogP contribution in [0.3, 0.4) is 0 Å². The van der Waals surface area contributed by atoms with Crippen molar-refractivity contribution in [3.63, 3.8) is 0 Å². The predicted molar refractivity (Wildman–Crippen MR) is 170 cm³/mol. The Morgan fingerprint density at radius 1 is 0.463 bits per heavy atom. The van der Waals surface area contributed by atoms with Crippen molar-refractivity contribution in [3.05, 3.63) is 146 Å². The third-order valence-electron chi connectivity index (χ3n) is 8.35. The number of benzene rings is 6.